The molecule has 1 aromatic rings. The number of nitrogens with zero attached hydrogens (tertiary/aromatic N) is 1. The fourth-order valence-electron chi connectivity index (χ4n) is 2.29. The number of carbonyl (C=O) groups is 1. The van der Waals surface area contributed by atoms with Crippen molar-refractivity contribution in [1.82, 2.24) is 10.3 Å². The molecule has 0 radical (unpaired) electrons. The number of anilines is 2. The summed E-state index contributed by atoms with van der Waals surface area (Å²) in [5.74, 6) is 0.115. The first-order valence-corrected chi connectivity index (χ1v) is 7.50. The third kappa shape index (κ3) is 3.36. The second kappa shape index (κ2) is 6.21. The normalized spacial score (nSPS) is 23.1. The van der Waals surface area contributed by atoms with Gasteiger partial charge in [0, 0.05) is 18.6 Å². The second-order valence-electron chi connectivity index (χ2n) is 4.79. The molecule has 1 heterocycles. The third-order valence-corrected chi connectivity index (χ3v) is 4.35. The summed E-state index contributed by atoms with van der Waals surface area (Å²) in [5.41, 5.74) is 11.8. The first-order chi connectivity index (χ1) is 9.11. The molecule has 2 rings (SSSR count). The van der Waals surface area contributed by atoms with Gasteiger partial charge in [0.15, 0.2) is 5.13 Å². The summed E-state index contributed by atoms with van der Waals surface area (Å²) in [7, 11) is 0. The molecule has 19 heavy (non-hydrogen) atoms. The van der Waals surface area contributed by atoms with Gasteiger partial charge in [0.05, 0.1) is 0 Å². The zero-order valence-electron chi connectivity index (χ0n) is 11.1. The predicted molar refractivity (Wildman–Crippen MR) is 78.4 cm³/mol. The summed E-state index contributed by atoms with van der Waals surface area (Å²) in [4.78, 5) is 16.8. The molecule has 2 unspecified atom stereocenters. The summed E-state index contributed by atoms with van der Waals surface area (Å²) in [6.07, 6.45) is 4.15. The molecule has 6 nitrogen and oxygen atoms in total. The molecule has 7 heteroatoms. The van der Waals surface area contributed by atoms with Crippen LogP contribution in [0.15, 0.2) is 0 Å². The monoisotopic (exact) mass is 283 g/mol. The maximum atomic E-state index is 12.2. The highest BCUT2D eigenvalue weighted by atomic mass is 32.1. The molecule has 6 N–H and O–H groups in total. The Bertz CT molecular complexity index is 447. The van der Waals surface area contributed by atoms with Crippen LogP contribution in [-0.4, -0.2) is 29.5 Å². The molecule has 0 bridgehead atoms. The van der Waals surface area contributed by atoms with Crippen LogP contribution in [0.2, 0.25) is 0 Å². The molecule has 106 valence electrons. The van der Waals surface area contributed by atoms with Crippen LogP contribution in [-0.2, 0) is 0 Å². The van der Waals surface area contributed by atoms with Crippen LogP contribution in [0.5, 0.6) is 0 Å². The van der Waals surface area contributed by atoms with Crippen molar-refractivity contribution in [3.8, 4) is 0 Å². The molecule has 1 aromatic heterocycles. The van der Waals surface area contributed by atoms with Gasteiger partial charge in [-0.2, -0.15) is 0 Å². The summed E-state index contributed by atoms with van der Waals surface area (Å²) in [6.45, 7) is 2.72. The number of carbonyl (C=O) groups excluding carboxylic acids is 1. The lowest BCUT2D eigenvalue weighted by Crippen LogP contribution is -2.49. The van der Waals surface area contributed by atoms with Gasteiger partial charge in [-0.15, -0.1) is 0 Å². The van der Waals surface area contributed by atoms with Crippen LogP contribution >= 0.6 is 11.3 Å². The van der Waals surface area contributed by atoms with E-state index in [1.807, 2.05) is 6.92 Å². The van der Waals surface area contributed by atoms with Gasteiger partial charge in [0.1, 0.15) is 10.7 Å². The Kier molecular flexibility index (Phi) is 4.60. The summed E-state index contributed by atoms with van der Waals surface area (Å²) in [6, 6.07) is 0.0883. The number of hydrogen-bond donors (Lipinski definition) is 4. The molecule has 0 saturated heterocycles. The molecule has 0 spiro atoms. The number of thiazole rings is 1. The standard InChI is InChI=1S/C12H21N5OS/c1-2-15-12-17-10(14)9(19-12)11(18)16-8-6-4-3-5-7(8)13/h7-8H,2-6,13-14H2,1H3,(H,15,17)(H,16,18). The number of rotatable bonds is 4. The number of nitrogens with one attached hydrogen (secondary N) is 2. The molecule has 1 aliphatic rings. The zero-order chi connectivity index (χ0) is 13.8. The van der Waals surface area contributed by atoms with Crippen LogP contribution in [0.3, 0.4) is 0 Å². The number of nitrogens with two attached hydrogens (primary N) is 2. The topological polar surface area (TPSA) is 106 Å². The lowest BCUT2D eigenvalue weighted by Gasteiger charge is -2.29. The fourth-order valence-corrected chi connectivity index (χ4v) is 3.15. The largest absolute Gasteiger partial charge is 0.382 e. The van der Waals surface area contributed by atoms with E-state index >= 15 is 0 Å². The Morgan fingerprint density at radius 1 is 1.47 bits per heavy atom. The second-order valence-corrected chi connectivity index (χ2v) is 5.79. The van der Waals surface area contributed by atoms with E-state index in [9.17, 15) is 4.79 Å². The van der Waals surface area contributed by atoms with Crippen molar-refractivity contribution in [2.45, 2.75) is 44.7 Å². The highest BCUT2D eigenvalue weighted by molar-refractivity contribution is 7.18. The molecule has 1 aliphatic carbocycles. The van der Waals surface area contributed by atoms with E-state index in [4.69, 9.17) is 11.5 Å². The van der Waals surface area contributed by atoms with Crippen molar-refractivity contribution in [3.63, 3.8) is 0 Å². The molecule has 2 atom stereocenters. The van der Waals surface area contributed by atoms with Gasteiger partial charge >= 0.3 is 0 Å². The van der Waals surface area contributed by atoms with Gasteiger partial charge in [-0.05, 0) is 19.8 Å². The molecule has 0 aromatic carbocycles. The third-order valence-electron chi connectivity index (χ3n) is 3.32. The van der Waals surface area contributed by atoms with Gasteiger partial charge in [-0.1, -0.05) is 24.2 Å². The highest BCUT2D eigenvalue weighted by Gasteiger charge is 2.25. The number of aromatic nitrogens is 1. The molecule has 1 saturated carbocycles. The van der Waals surface area contributed by atoms with E-state index in [0.717, 1.165) is 32.2 Å². The van der Waals surface area contributed by atoms with Crippen molar-refractivity contribution >= 4 is 28.2 Å². The van der Waals surface area contributed by atoms with Crippen LogP contribution in [0.25, 0.3) is 0 Å². The minimum Gasteiger partial charge on any atom is -0.382 e. The smallest absolute Gasteiger partial charge is 0.265 e. The molecule has 1 fully saturated rings. The summed E-state index contributed by atoms with van der Waals surface area (Å²) < 4.78 is 0. The fraction of sp³-hybridized carbons (Fsp3) is 0.667. The first-order valence-electron chi connectivity index (χ1n) is 6.68. The van der Waals surface area contributed by atoms with E-state index < -0.39 is 0 Å². The Morgan fingerprint density at radius 2 is 2.21 bits per heavy atom. The quantitative estimate of drug-likeness (QED) is 0.663. The maximum Gasteiger partial charge on any atom is 0.265 e. The lowest BCUT2D eigenvalue weighted by molar-refractivity contribution is 0.0926. The van der Waals surface area contributed by atoms with Gasteiger partial charge in [-0.3, -0.25) is 4.79 Å². The van der Waals surface area contributed by atoms with Gasteiger partial charge in [-0.25, -0.2) is 4.98 Å². The van der Waals surface area contributed by atoms with E-state index in [1.165, 1.54) is 11.3 Å². The van der Waals surface area contributed by atoms with Crippen molar-refractivity contribution < 1.29 is 4.79 Å². The SMILES string of the molecule is CCNc1nc(N)c(C(=O)NC2CCCCC2N)s1. The summed E-state index contributed by atoms with van der Waals surface area (Å²) in [5, 5.41) is 6.72. The van der Waals surface area contributed by atoms with Crippen LogP contribution in [0, 0.1) is 0 Å². The Morgan fingerprint density at radius 3 is 2.89 bits per heavy atom. The minimum atomic E-state index is -0.165. The van der Waals surface area contributed by atoms with Crippen molar-refractivity contribution in [3.05, 3.63) is 4.88 Å². The van der Waals surface area contributed by atoms with E-state index in [1.54, 1.807) is 0 Å². The zero-order valence-corrected chi connectivity index (χ0v) is 11.9. The maximum absolute atomic E-state index is 12.2. The van der Waals surface area contributed by atoms with Crippen LogP contribution < -0.4 is 22.1 Å². The van der Waals surface area contributed by atoms with Crippen molar-refractivity contribution in [2.75, 3.05) is 17.6 Å². The van der Waals surface area contributed by atoms with Crippen molar-refractivity contribution in [2.24, 2.45) is 5.73 Å². The van der Waals surface area contributed by atoms with Crippen LogP contribution in [0.1, 0.15) is 42.3 Å². The predicted octanol–water partition coefficient (Wildman–Crippen LogP) is 1.16. The van der Waals surface area contributed by atoms with Gasteiger partial charge < -0.3 is 22.1 Å². The van der Waals surface area contributed by atoms with Gasteiger partial charge in [0.2, 0.25) is 0 Å². The first kappa shape index (κ1) is 14.1. The lowest BCUT2D eigenvalue weighted by atomic mass is 9.91. The molecule has 1 amide bonds. The van der Waals surface area contributed by atoms with E-state index in [-0.39, 0.29) is 23.8 Å². The Hall–Kier alpha value is -1.34. The average Bonchev–Trinajstić information content (AvgIpc) is 2.74. The van der Waals surface area contributed by atoms with Crippen molar-refractivity contribution in [1.29, 1.82) is 0 Å². The minimum absolute atomic E-state index is 0.0417. The molecule has 0 aliphatic heterocycles. The summed E-state index contributed by atoms with van der Waals surface area (Å²) >= 11 is 1.28. The van der Waals surface area contributed by atoms with E-state index in [2.05, 4.69) is 15.6 Å². The average molecular weight is 283 g/mol. The number of amides is 1. The number of nitrogen functional groups attached to an aromatic ring is 1. The van der Waals surface area contributed by atoms with Gasteiger partial charge in [0.25, 0.3) is 5.91 Å². The van der Waals surface area contributed by atoms with E-state index in [0.29, 0.717) is 10.0 Å². The Balaban J connectivity index is 2.02. The highest BCUT2D eigenvalue weighted by Crippen LogP contribution is 2.25. The molecular weight excluding hydrogens is 262 g/mol. The Labute approximate surface area is 117 Å². The number of hydrogen-bond acceptors (Lipinski definition) is 6. The molecular formula is C12H21N5OS. The van der Waals surface area contributed by atoms with Crippen LogP contribution in [0.4, 0.5) is 10.9 Å².